The van der Waals surface area contributed by atoms with Crippen molar-refractivity contribution in [3.05, 3.63) is 54.0 Å². The van der Waals surface area contributed by atoms with Gasteiger partial charge in [0.15, 0.2) is 5.76 Å². The molecular formula is C17H17F3N2O4. The lowest BCUT2D eigenvalue weighted by Crippen LogP contribution is -2.69. The molecule has 1 atom stereocenters. The van der Waals surface area contributed by atoms with Gasteiger partial charge in [0.25, 0.3) is 5.91 Å². The lowest BCUT2D eigenvalue weighted by atomic mass is 10.1. The first-order valence-electron chi connectivity index (χ1n) is 7.64. The van der Waals surface area contributed by atoms with E-state index in [1.165, 1.54) is 31.2 Å². The van der Waals surface area contributed by atoms with Gasteiger partial charge in [-0.25, -0.2) is 4.79 Å². The molecule has 2 N–H and O–H groups in total. The van der Waals surface area contributed by atoms with Crippen LogP contribution in [0.15, 0.2) is 47.1 Å². The van der Waals surface area contributed by atoms with Crippen molar-refractivity contribution in [2.24, 2.45) is 0 Å². The smallest absolute Gasteiger partial charge is 0.441 e. The molecule has 0 aliphatic rings. The minimum atomic E-state index is -5.20. The third-order valence-corrected chi connectivity index (χ3v) is 3.44. The van der Waals surface area contributed by atoms with Gasteiger partial charge in [-0.05, 0) is 38.1 Å². The van der Waals surface area contributed by atoms with E-state index in [1.54, 1.807) is 24.4 Å². The maximum atomic E-state index is 13.9. The number of rotatable bonds is 6. The molecule has 0 saturated carbocycles. The maximum absolute atomic E-state index is 13.9. The number of anilines is 1. The summed E-state index contributed by atoms with van der Waals surface area (Å²) in [6.07, 6.45) is -4.08. The largest absolute Gasteiger partial charge is 0.463 e. The monoisotopic (exact) mass is 370 g/mol. The third-order valence-electron chi connectivity index (χ3n) is 3.44. The number of halogens is 3. The fraction of sp³-hybridized carbons (Fsp3) is 0.294. The number of aryl methyl sites for hydroxylation is 1. The summed E-state index contributed by atoms with van der Waals surface area (Å²) in [7, 11) is 0. The number of furan rings is 1. The lowest BCUT2D eigenvalue weighted by Gasteiger charge is -2.35. The number of benzene rings is 1. The molecule has 1 aromatic heterocycles. The highest BCUT2D eigenvalue weighted by atomic mass is 19.4. The minimum absolute atomic E-state index is 0.0271. The van der Waals surface area contributed by atoms with Gasteiger partial charge in [0.05, 0.1) is 12.9 Å². The van der Waals surface area contributed by atoms with Crippen molar-refractivity contribution in [2.75, 3.05) is 11.9 Å². The van der Waals surface area contributed by atoms with Crippen LogP contribution in [0, 0.1) is 6.92 Å². The van der Waals surface area contributed by atoms with Crippen LogP contribution in [0.25, 0.3) is 0 Å². The van der Waals surface area contributed by atoms with Crippen LogP contribution in [0.2, 0.25) is 0 Å². The molecule has 2 aromatic rings. The molecule has 0 fully saturated rings. The van der Waals surface area contributed by atoms with Crippen molar-refractivity contribution >= 4 is 17.6 Å². The average molecular weight is 370 g/mol. The molecule has 0 spiro atoms. The second-order valence-corrected chi connectivity index (χ2v) is 5.39. The van der Waals surface area contributed by atoms with Gasteiger partial charge in [0.2, 0.25) is 0 Å². The summed E-state index contributed by atoms with van der Waals surface area (Å²) in [6, 6.07) is 8.34. The highest BCUT2D eigenvalue weighted by molar-refractivity contribution is 5.97. The van der Waals surface area contributed by atoms with E-state index >= 15 is 0 Å². The molecule has 9 heteroatoms. The van der Waals surface area contributed by atoms with E-state index in [4.69, 9.17) is 4.42 Å². The zero-order chi connectivity index (χ0) is 19.4. The van der Waals surface area contributed by atoms with Crippen LogP contribution in [0.4, 0.5) is 18.9 Å². The normalized spacial score (nSPS) is 13.6. The van der Waals surface area contributed by atoms with Gasteiger partial charge in [-0.3, -0.25) is 4.79 Å². The van der Waals surface area contributed by atoms with Crippen LogP contribution < -0.4 is 10.6 Å². The molecule has 0 aliphatic heterocycles. The first-order valence-corrected chi connectivity index (χ1v) is 7.64. The van der Waals surface area contributed by atoms with Gasteiger partial charge in [-0.1, -0.05) is 17.7 Å². The number of carbonyl (C=O) groups excluding carboxylic acids is 2. The van der Waals surface area contributed by atoms with Crippen molar-refractivity contribution < 1.29 is 31.9 Å². The van der Waals surface area contributed by atoms with Crippen molar-refractivity contribution in [1.82, 2.24) is 5.32 Å². The van der Waals surface area contributed by atoms with Crippen LogP contribution in [-0.2, 0) is 9.53 Å². The zero-order valence-electron chi connectivity index (χ0n) is 14.0. The van der Waals surface area contributed by atoms with Crippen LogP contribution in [0.1, 0.15) is 23.0 Å². The highest BCUT2D eigenvalue weighted by Crippen LogP contribution is 2.33. The van der Waals surface area contributed by atoms with Crippen molar-refractivity contribution in [1.29, 1.82) is 0 Å². The quantitative estimate of drug-likeness (QED) is 0.603. The Morgan fingerprint density at radius 2 is 1.81 bits per heavy atom. The number of ether oxygens (including phenoxy) is 1. The maximum Gasteiger partial charge on any atom is 0.441 e. The molecular weight excluding hydrogens is 353 g/mol. The molecule has 6 nitrogen and oxygen atoms in total. The van der Waals surface area contributed by atoms with Crippen LogP contribution in [-0.4, -0.2) is 30.3 Å². The predicted molar refractivity (Wildman–Crippen MR) is 86.4 cm³/mol. The average Bonchev–Trinajstić information content (AvgIpc) is 3.10. The summed E-state index contributed by atoms with van der Waals surface area (Å²) in [4.78, 5) is 24.4. The van der Waals surface area contributed by atoms with Gasteiger partial charge >= 0.3 is 17.8 Å². The van der Waals surface area contributed by atoms with Crippen molar-refractivity contribution in [2.45, 2.75) is 25.7 Å². The lowest BCUT2D eigenvalue weighted by molar-refractivity contribution is -0.204. The molecule has 0 aliphatic carbocycles. The molecule has 1 heterocycles. The molecule has 0 bridgehead atoms. The second-order valence-electron chi connectivity index (χ2n) is 5.39. The Morgan fingerprint density at radius 3 is 2.31 bits per heavy atom. The Hall–Kier alpha value is -2.97. The van der Waals surface area contributed by atoms with E-state index in [1.807, 2.05) is 0 Å². The Kier molecular flexibility index (Phi) is 5.59. The predicted octanol–water partition coefficient (Wildman–Crippen LogP) is 3.25. The standard InChI is InChI=1S/C17H17F3N2O4/c1-3-25-15(24)16(17(18,19)20,21-12-8-6-11(2)7-9-12)22-14(23)13-5-4-10-26-13/h4-10,21H,3H2,1-2H3,(H,22,23)/t16-/m1/s1. The summed E-state index contributed by atoms with van der Waals surface area (Å²) in [5, 5.41) is 3.74. The van der Waals surface area contributed by atoms with E-state index in [0.717, 1.165) is 11.8 Å². The van der Waals surface area contributed by atoms with Crippen LogP contribution in [0.5, 0.6) is 0 Å². The summed E-state index contributed by atoms with van der Waals surface area (Å²) in [5.74, 6) is -3.29. The van der Waals surface area contributed by atoms with Gasteiger partial charge in [0.1, 0.15) is 0 Å². The van der Waals surface area contributed by atoms with E-state index in [0.29, 0.717) is 0 Å². The summed E-state index contributed by atoms with van der Waals surface area (Å²) in [6.45, 7) is 2.81. The van der Waals surface area contributed by atoms with Crippen molar-refractivity contribution in [3.8, 4) is 0 Å². The first kappa shape index (κ1) is 19.4. The van der Waals surface area contributed by atoms with E-state index in [2.05, 4.69) is 10.1 Å². The molecule has 0 unspecified atom stereocenters. The Labute approximate surface area is 147 Å². The molecule has 0 saturated heterocycles. The summed E-state index contributed by atoms with van der Waals surface area (Å²) >= 11 is 0. The number of esters is 1. The minimum Gasteiger partial charge on any atom is -0.463 e. The number of nitrogens with one attached hydrogen (secondary N) is 2. The zero-order valence-corrected chi connectivity index (χ0v) is 14.0. The summed E-state index contributed by atoms with van der Waals surface area (Å²) < 4.78 is 51.1. The van der Waals surface area contributed by atoms with Crippen LogP contribution in [0.3, 0.4) is 0 Å². The number of alkyl halides is 3. The summed E-state index contributed by atoms with van der Waals surface area (Å²) in [5.41, 5.74) is -2.70. The Bertz CT molecular complexity index is 757. The van der Waals surface area contributed by atoms with Gasteiger partial charge < -0.3 is 19.8 Å². The Morgan fingerprint density at radius 1 is 1.15 bits per heavy atom. The fourth-order valence-corrected chi connectivity index (χ4v) is 2.12. The van der Waals surface area contributed by atoms with E-state index in [-0.39, 0.29) is 18.1 Å². The number of amides is 1. The topological polar surface area (TPSA) is 80.6 Å². The number of hydrogen-bond donors (Lipinski definition) is 2. The van der Waals surface area contributed by atoms with Gasteiger partial charge in [-0.2, -0.15) is 13.2 Å². The van der Waals surface area contributed by atoms with E-state index < -0.39 is 23.7 Å². The highest BCUT2D eigenvalue weighted by Gasteiger charge is 2.63. The molecule has 2 rings (SSSR count). The second kappa shape index (κ2) is 7.51. The molecule has 140 valence electrons. The molecule has 26 heavy (non-hydrogen) atoms. The Balaban J connectivity index is 2.47. The van der Waals surface area contributed by atoms with Crippen molar-refractivity contribution in [3.63, 3.8) is 0 Å². The molecule has 1 aromatic carbocycles. The molecule has 0 radical (unpaired) electrons. The fourth-order valence-electron chi connectivity index (χ4n) is 2.12. The van der Waals surface area contributed by atoms with E-state index in [9.17, 15) is 22.8 Å². The number of carbonyl (C=O) groups is 2. The number of hydrogen-bond acceptors (Lipinski definition) is 5. The van der Waals surface area contributed by atoms with Crippen LogP contribution >= 0.6 is 0 Å². The molecule has 1 amide bonds. The van der Waals surface area contributed by atoms with Gasteiger partial charge in [-0.15, -0.1) is 0 Å². The first-order chi connectivity index (χ1) is 12.2. The third kappa shape index (κ3) is 3.98. The SMILES string of the molecule is CCOC(=O)[C@](NC(=O)c1ccco1)(Nc1ccc(C)cc1)C(F)(F)F. The van der Waals surface area contributed by atoms with Gasteiger partial charge in [0, 0.05) is 5.69 Å².